The molecule has 0 aliphatic carbocycles. The highest BCUT2D eigenvalue weighted by Crippen LogP contribution is 1.99. The summed E-state index contributed by atoms with van der Waals surface area (Å²) >= 11 is 0. The molecule has 10 heavy (non-hydrogen) atoms. The third-order valence-electron chi connectivity index (χ3n) is 1.21. The van der Waals surface area contributed by atoms with Gasteiger partial charge in [0.1, 0.15) is 0 Å². The lowest BCUT2D eigenvalue weighted by molar-refractivity contribution is 0.681. The van der Waals surface area contributed by atoms with Gasteiger partial charge >= 0.3 is 0 Å². The molecule has 0 fully saturated rings. The summed E-state index contributed by atoms with van der Waals surface area (Å²) in [4.78, 5) is 3.86. The number of nitrogens with zero attached hydrogens (tertiary/aromatic N) is 2. The first kappa shape index (κ1) is 9.25. The molecule has 1 aromatic heterocycles. The standard InChI is InChI=1S/C7H8N2.BrH/c1-3-7(2)9-5-4-8-6-9;/h1,4-7H,2H3;1H. The van der Waals surface area contributed by atoms with Crippen molar-refractivity contribution in [3.8, 4) is 12.3 Å². The van der Waals surface area contributed by atoms with E-state index < -0.39 is 0 Å². The molecule has 0 aliphatic heterocycles. The first-order valence-corrected chi connectivity index (χ1v) is 2.78. The fraction of sp³-hybridized carbons (Fsp3) is 0.286. The lowest BCUT2D eigenvalue weighted by Crippen LogP contribution is -1.97. The number of imidazole rings is 1. The van der Waals surface area contributed by atoms with Crippen LogP contribution >= 0.6 is 17.0 Å². The molecule has 54 valence electrons. The van der Waals surface area contributed by atoms with Crippen molar-refractivity contribution in [1.82, 2.24) is 9.55 Å². The highest BCUT2D eigenvalue weighted by molar-refractivity contribution is 8.93. The van der Waals surface area contributed by atoms with Crippen LogP contribution in [0.1, 0.15) is 13.0 Å². The number of terminal acetylenes is 1. The molecule has 0 amide bonds. The molecule has 0 aliphatic rings. The maximum atomic E-state index is 5.16. The van der Waals surface area contributed by atoms with E-state index in [0.29, 0.717) is 0 Å². The maximum Gasteiger partial charge on any atom is 0.0956 e. The Bertz CT molecular complexity index is 210. The van der Waals surface area contributed by atoms with Gasteiger partial charge in [-0.05, 0) is 6.92 Å². The van der Waals surface area contributed by atoms with Crippen molar-refractivity contribution in [1.29, 1.82) is 0 Å². The molecule has 0 N–H and O–H groups in total. The zero-order valence-electron chi connectivity index (χ0n) is 5.69. The zero-order valence-corrected chi connectivity index (χ0v) is 7.40. The van der Waals surface area contributed by atoms with Gasteiger partial charge in [-0.15, -0.1) is 23.4 Å². The fourth-order valence-electron chi connectivity index (χ4n) is 0.585. The van der Waals surface area contributed by atoms with E-state index in [0.717, 1.165) is 0 Å². The van der Waals surface area contributed by atoms with Gasteiger partial charge in [0, 0.05) is 12.4 Å². The Morgan fingerprint density at radius 1 is 1.70 bits per heavy atom. The molecule has 0 saturated heterocycles. The van der Waals surface area contributed by atoms with Gasteiger partial charge in [0.15, 0.2) is 0 Å². The Kier molecular flexibility index (Phi) is 3.82. The average Bonchev–Trinajstić information content (AvgIpc) is 2.37. The molecule has 2 nitrogen and oxygen atoms in total. The van der Waals surface area contributed by atoms with Gasteiger partial charge in [-0.2, -0.15) is 0 Å². The normalized spacial score (nSPS) is 11.2. The summed E-state index contributed by atoms with van der Waals surface area (Å²) in [5.41, 5.74) is 0. The van der Waals surface area contributed by atoms with Crippen LogP contribution in [0.3, 0.4) is 0 Å². The van der Waals surface area contributed by atoms with Crippen molar-refractivity contribution in [3.05, 3.63) is 18.7 Å². The summed E-state index contributed by atoms with van der Waals surface area (Å²) in [6, 6.07) is 0.118. The van der Waals surface area contributed by atoms with Crippen molar-refractivity contribution in [2.45, 2.75) is 13.0 Å². The fourth-order valence-corrected chi connectivity index (χ4v) is 0.585. The van der Waals surface area contributed by atoms with Gasteiger partial charge < -0.3 is 4.57 Å². The van der Waals surface area contributed by atoms with Crippen LogP contribution in [0.2, 0.25) is 0 Å². The summed E-state index contributed by atoms with van der Waals surface area (Å²) in [5, 5.41) is 0. The minimum absolute atomic E-state index is 0. The molecule has 3 heteroatoms. The Labute approximate surface area is 71.0 Å². The molecular formula is C7H9BrN2. The second-order valence-corrected chi connectivity index (χ2v) is 1.85. The summed E-state index contributed by atoms with van der Waals surface area (Å²) in [7, 11) is 0. The van der Waals surface area contributed by atoms with Gasteiger partial charge in [0.2, 0.25) is 0 Å². The van der Waals surface area contributed by atoms with E-state index >= 15 is 0 Å². The van der Waals surface area contributed by atoms with Crippen LogP contribution in [0.4, 0.5) is 0 Å². The molecule has 1 aromatic rings. The number of halogens is 1. The quantitative estimate of drug-likeness (QED) is 0.631. The monoisotopic (exact) mass is 200 g/mol. The van der Waals surface area contributed by atoms with Crippen LogP contribution in [0.25, 0.3) is 0 Å². The minimum atomic E-state index is 0. The SMILES string of the molecule is Br.C#CC(C)n1ccnc1. The highest BCUT2D eigenvalue weighted by Gasteiger charge is 1.94. The molecule has 1 heterocycles. The third-order valence-corrected chi connectivity index (χ3v) is 1.21. The van der Waals surface area contributed by atoms with Crippen LogP contribution < -0.4 is 0 Å². The van der Waals surface area contributed by atoms with Crippen molar-refractivity contribution in [3.63, 3.8) is 0 Å². The van der Waals surface area contributed by atoms with Crippen molar-refractivity contribution >= 4 is 17.0 Å². The average molecular weight is 201 g/mol. The van der Waals surface area contributed by atoms with Crippen LogP contribution in [0, 0.1) is 12.3 Å². The minimum Gasteiger partial charge on any atom is -0.323 e. The van der Waals surface area contributed by atoms with Crippen LogP contribution in [0.5, 0.6) is 0 Å². The predicted molar refractivity (Wildman–Crippen MR) is 46.1 cm³/mol. The van der Waals surface area contributed by atoms with Gasteiger partial charge in [-0.25, -0.2) is 4.98 Å². The highest BCUT2D eigenvalue weighted by atomic mass is 79.9. The van der Waals surface area contributed by atoms with Crippen LogP contribution in [0.15, 0.2) is 18.7 Å². The lowest BCUT2D eigenvalue weighted by atomic mass is 10.4. The lowest BCUT2D eigenvalue weighted by Gasteiger charge is -2.02. The Morgan fingerprint density at radius 2 is 2.40 bits per heavy atom. The van der Waals surface area contributed by atoms with Gasteiger partial charge in [-0.3, -0.25) is 0 Å². The number of hydrogen-bond donors (Lipinski definition) is 0. The molecule has 0 aromatic carbocycles. The van der Waals surface area contributed by atoms with Crippen LogP contribution in [-0.2, 0) is 0 Å². The Hall–Kier alpha value is -0.750. The summed E-state index contributed by atoms with van der Waals surface area (Å²) < 4.78 is 1.88. The molecule has 0 saturated carbocycles. The smallest absolute Gasteiger partial charge is 0.0956 e. The first-order chi connectivity index (χ1) is 4.34. The second kappa shape index (κ2) is 4.13. The maximum absolute atomic E-state index is 5.16. The first-order valence-electron chi connectivity index (χ1n) is 2.78. The van der Waals surface area contributed by atoms with E-state index in [1.165, 1.54) is 0 Å². The zero-order chi connectivity index (χ0) is 6.69. The van der Waals surface area contributed by atoms with E-state index in [2.05, 4.69) is 10.9 Å². The van der Waals surface area contributed by atoms with Crippen LogP contribution in [-0.4, -0.2) is 9.55 Å². The molecule has 1 unspecified atom stereocenters. The van der Waals surface area contributed by atoms with E-state index in [-0.39, 0.29) is 23.0 Å². The number of hydrogen-bond acceptors (Lipinski definition) is 1. The summed E-state index contributed by atoms with van der Waals surface area (Å²) in [5.74, 6) is 2.59. The van der Waals surface area contributed by atoms with Crippen molar-refractivity contribution in [2.24, 2.45) is 0 Å². The molecule has 1 rings (SSSR count). The van der Waals surface area contributed by atoms with E-state index in [1.807, 2.05) is 17.7 Å². The summed E-state index contributed by atoms with van der Waals surface area (Å²) in [6.07, 6.45) is 10.4. The largest absolute Gasteiger partial charge is 0.323 e. The molecule has 1 atom stereocenters. The van der Waals surface area contributed by atoms with Gasteiger partial charge in [0.05, 0.1) is 12.4 Å². The van der Waals surface area contributed by atoms with Crippen molar-refractivity contribution in [2.75, 3.05) is 0 Å². The molecule has 0 spiro atoms. The van der Waals surface area contributed by atoms with Crippen molar-refractivity contribution < 1.29 is 0 Å². The van der Waals surface area contributed by atoms with E-state index in [1.54, 1.807) is 12.5 Å². The Balaban J connectivity index is 0.000000810. The molecule has 0 bridgehead atoms. The molecular weight excluding hydrogens is 192 g/mol. The predicted octanol–water partition coefficient (Wildman–Crippen LogP) is 1.66. The van der Waals surface area contributed by atoms with Gasteiger partial charge in [-0.1, -0.05) is 5.92 Å². The Morgan fingerprint density at radius 3 is 2.80 bits per heavy atom. The van der Waals surface area contributed by atoms with E-state index in [9.17, 15) is 0 Å². The number of rotatable bonds is 1. The molecule has 0 radical (unpaired) electrons. The number of aromatic nitrogens is 2. The summed E-state index contributed by atoms with van der Waals surface area (Å²) in [6.45, 7) is 1.95. The second-order valence-electron chi connectivity index (χ2n) is 1.85. The topological polar surface area (TPSA) is 17.8 Å². The van der Waals surface area contributed by atoms with Gasteiger partial charge in [0.25, 0.3) is 0 Å². The third kappa shape index (κ3) is 1.89. The van der Waals surface area contributed by atoms with E-state index in [4.69, 9.17) is 6.42 Å².